The highest BCUT2D eigenvalue weighted by atomic mass is 35.5. The Morgan fingerprint density at radius 3 is 2.37 bits per heavy atom. The lowest BCUT2D eigenvalue weighted by atomic mass is 10.1. The molecule has 162 valence electrons. The predicted molar refractivity (Wildman–Crippen MR) is 121 cm³/mol. The molecule has 0 radical (unpaired) electrons. The van der Waals surface area contributed by atoms with Gasteiger partial charge in [0.2, 0.25) is 5.91 Å². The molecule has 0 aliphatic carbocycles. The summed E-state index contributed by atoms with van der Waals surface area (Å²) in [5, 5.41) is 4.06. The number of ether oxygens (including phenoxy) is 1. The van der Waals surface area contributed by atoms with Crippen molar-refractivity contribution in [2.45, 2.75) is 46.7 Å². The maximum atomic E-state index is 13.0. The summed E-state index contributed by atoms with van der Waals surface area (Å²) in [7, 11) is 0. The summed E-state index contributed by atoms with van der Waals surface area (Å²) in [4.78, 5) is 27.1. The van der Waals surface area contributed by atoms with Crippen LogP contribution in [0.3, 0.4) is 0 Å². The quantitative estimate of drug-likeness (QED) is 0.588. The van der Waals surface area contributed by atoms with Gasteiger partial charge in [0.1, 0.15) is 11.8 Å². The zero-order chi connectivity index (χ0) is 22.3. The van der Waals surface area contributed by atoms with Crippen molar-refractivity contribution >= 4 is 35.0 Å². The number of carbonyl (C=O) groups is 2. The minimum atomic E-state index is -0.669. The molecule has 5 nitrogen and oxygen atoms in total. The van der Waals surface area contributed by atoms with E-state index in [4.69, 9.17) is 27.9 Å². The number of hydrogen-bond donors (Lipinski definition) is 1. The summed E-state index contributed by atoms with van der Waals surface area (Å²) in [5.41, 5.74) is 2.51. The van der Waals surface area contributed by atoms with Crippen LogP contribution < -0.4 is 10.1 Å². The third-order valence-electron chi connectivity index (χ3n) is 4.79. The molecule has 0 unspecified atom stereocenters. The van der Waals surface area contributed by atoms with Gasteiger partial charge in [-0.15, -0.1) is 0 Å². The van der Waals surface area contributed by atoms with E-state index in [2.05, 4.69) is 5.32 Å². The molecule has 0 aromatic heterocycles. The average molecular weight is 451 g/mol. The van der Waals surface area contributed by atoms with Crippen molar-refractivity contribution in [2.24, 2.45) is 0 Å². The first kappa shape index (κ1) is 24.0. The van der Waals surface area contributed by atoms with Crippen molar-refractivity contribution in [3.05, 3.63) is 63.1 Å². The molecule has 2 rings (SSSR count). The third kappa shape index (κ3) is 6.38. The minimum absolute atomic E-state index is 0.198. The molecule has 0 heterocycles. The molecular weight excluding hydrogens is 423 g/mol. The highest BCUT2D eigenvalue weighted by Crippen LogP contribution is 2.26. The average Bonchev–Trinajstić information content (AvgIpc) is 2.72. The Kier molecular flexibility index (Phi) is 9.00. The van der Waals surface area contributed by atoms with Gasteiger partial charge < -0.3 is 15.0 Å². The van der Waals surface area contributed by atoms with E-state index < -0.39 is 6.04 Å². The van der Waals surface area contributed by atoms with Crippen molar-refractivity contribution in [1.82, 2.24) is 10.2 Å². The van der Waals surface area contributed by atoms with E-state index in [9.17, 15) is 9.59 Å². The monoisotopic (exact) mass is 450 g/mol. The van der Waals surface area contributed by atoms with Crippen molar-refractivity contribution in [3.63, 3.8) is 0 Å². The molecule has 0 aliphatic rings. The lowest BCUT2D eigenvalue weighted by Gasteiger charge is -2.29. The molecule has 0 saturated carbocycles. The summed E-state index contributed by atoms with van der Waals surface area (Å²) in [5.74, 6) is 0.0401. The van der Waals surface area contributed by atoms with E-state index >= 15 is 0 Å². The van der Waals surface area contributed by atoms with E-state index in [1.807, 2.05) is 39.0 Å². The van der Waals surface area contributed by atoms with Crippen molar-refractivity contribution in [1.29, 1.82) is 0 Å². The molecule has 0 aliphatic heterocycles. The number of nitrogens with one attached hydrogen (secondary N) is 1. The molecule has 0 saturated heterocycles. The van der Waals surface area contributed by atoms with Gasteiger partial charge in [-0.2, -0.15) is 0 Å². The summed E-state index contributed by atoms with van der Waals surface area (Å²) >= 11 is 12.5. The summed E-state index contributed by atoms with van der Waals surface area (Å²) in [6.45, 7) is 8.01. The van der Waals surface area contributed by atoms with Crippen molar-refractivity contribution in [3.8, 4) is 5.75 Å². The van der Waals surface area contributed by atoms with E-state index in [0.29, 0.717) is 22.3 Å². The van der Waals surface area contributed by atoms with Gasteiger partial charge in [-0.05, 0) is 62.1 Å². The molecule has 1 N–H and O–H groups in total. The Morgan fingerprint density at radius 1 is 1.13 bits per heavy atom. The summed E-state index contributed by atoms with van der Waals surface area (Å²) < 4.78 is 5.73. The van der Waals surface area contributed by atoms with E-state index in [-0.39, 0.29) is 25.0 Å². The second-order valence-electron chi connectivity index (χ2n) is 7.24. The summed E-state index contributed by atoms with van der Waals surface area (Å²) in [6.07, 6.45) is 0.815. The fraction of sp³-hybridized carbons (Fsp3) is 0.391. The van der Waals surface area contributed by atoms with Gasteiger partial charge in [-0.3, -0.25) is 9.59 Å². The van der Waals surface area contributed by atoms with Crippen molar-refractivity contribution in [2.75, 3.05) is 13.2 Å². The van der Waals surface area contributed by atoms with Gasteiger partial charge in [0.25, 0.3) is 5.91 Å². The number of carbonyl (C=O) groups excluding carboxylic acids is 2. The number of rotatable bonds is 9. The van der Waals surface area contributed by atoms with Gasteiger partial charge in [-0.1, -0.05) is 48.3 Å². The topological polar surface area (TPSA) is 58.6 Å². The van der Waals surface area contributed by atoms with Gasteiger partial charge >= 0.3 is 0 Å². The molecule has 2 aromatic carbocycles. The number of halogens is 2. The zero-order valence-electron chi connectivity index (χ0n) is 17.8. The Hall–Kier alpha value is -2.24. The van der Waals surface area contributed by atoms with Crippen LogP contribution in [0.25, 0.3) is 0 Å². The third-order valence-corrected chi connectivity index (χ3v) is 5.75. The maximum Gasteiger partial charge on any atom is 0.261 e. The fourth-order valence-electron chi connectivity index (χ4n) is 3.01. The smallest absolute Gasteiger partial charge is 0.261 e. The maximum absolute atomic E-state index is 13.0. The number of nitrogens with zero attached hydrogens (tertiary/aromatic N) is 1. The second kappa shape index (κ2) is 11.2. The lowest BCUT2D eigenvalue weighted by Crippen LogP contribution is -2.49. The van der Waals surface area contributed by atoms with Gasteiger partial charge in [-0.25, -0.2) is 0 Å². The Labute approximate surface area is 188 Å². The Morgan fingerprint density at radius 2 is 1.77 bits per heavy atom. The van der Waals surface area contributed by atoms with Gasteiger partial charge in [0, 0.05) is 23.1 Å². The normalized spacial score (nSPS) is 11.7. The Bertz CT molecular complexity index is 879. The number of amides is 2. The molecule has 1 atom stereocenters. The highest BCUT2D eigenvalue weighted by Gasteiger charge is 2.27. The first-order chi connectivity index (χ1) is 14.2. The van der Waals surface area contributed by atoms with Crippen LogP contribution in [0.2, 0.25) is 10.0 Å². The largest absolute Gasteiger partial charge is 0.484 e. The second-order valence-corrected chi connectivity index (χ2v) is 8.02. The highest BCUT2D eigenvalue weighted by molar-refractivity contribution is 6.32. The van der Waals surface area contributed by atoms with Crippen LogP contribution >= 0.6 is 23.2 Å². The van der Waals surface area contributed by atoms with Crippen molar-refractivity contribution < 1.29 is 14.3 Å². The van der Waals surface area contributed by atoms with E-state index in [1.165, 1.54) is 4.90 Å². The number of benzene rings is 2. The fourth-order valence-corrected chi connectivity index (χ4v) is 3.31. The van der Waals surface area contributed by atoms with Crippen LogP contribution in [0.1, 0.15) is 37.0 Å². The minimum Gasteiger partial charge on any atom is -0.484 e. The zero-order valence-corrected chi connectivity index (χ0v) is 19.3. The lowest BCUT2D eigenvalue weighted by molar-refractivity contribution is -0.142. The van der Waals surface area contributed by atoms with Crippen LogP contribution in [-0.4, -0.2) is 35.9 Å². The first-order valence-corrected chi connectivity index (χ1v) is 10.7. The molecule has 0 spiro atoms. The molecule has 0 bridgehead atoms. The van der Waals surface area contributed by atoms with Crippen LogP contribution in [0.4, 0.5) is 0 Å². The Balaban J connectivity index is 2.18. The van der Waals surface area contributed by atoms with Gasteiger partial charge in [0.15, 0.2) is 6.61 Å². The number of aryl methyl sites for hydroxylation is 2. The van der Waals surface area contributed by atoms with Crippen LogP contribution in [0, 0.1) is 13.8 Å². The summed E-state index contributed by atoms with van der Waals surface area (Å²) in [6, 6.07) is 10.2. The van der Waals surface area contributed by atoms with Crippen LogP contribution in [0.15, 0.2) is 36.4 Å². The molecular formula is C23H28Cl2N2O3. The van der Waals surface area contributed by atoms with Crippen LogP contribution in [-0.2, 0) is 16.1 Å². The molecule has 7 heteroatoms. The van der Waals surface area contributed by atoms with Crippen LogP contribution in [0.5, 0.6) is 5.75 Å². The molecule has 30 heavy (non-hydrogen) atoms. The first-order valence-electron chi connectivity index (χ1n) is 9.94. The van der Waals surface area contributed by atoms with Gasteiger partial charge in [0.05, 0.1) is 0 Å². The predicted octanol–water partition coefficient (Wildman–Crippen LogP) is 4.93. The number of hydrogen-bond acceptors (Lipinski definition) is 3. The molecule has 0 fully saturated rings. The SMILES string of the molecule is CCCNC(=O)[C@H](C)N(Cc1ccccc1Cl)C(=O)COc1cc(C)c(Cl)c(C)c1. The van der Waals surface area contributed by atoms with E-state index in [0.717, 1.165) is 23.1 Å². The molecule has 2 aromatic rings. The standard InChI is InChI=1S/C23H28Cl2N2O3/c1-5-10-26-23(29)17(4)27(13-18-8-6-7-9-20(18)24)21(28)14-30-19-11-15(2)22(25)16(3)12-19/h6-9,11-12,17H,5,10,13-14H2,1-4H3,(H,26,29)/t17-/m0/s1. The molecule has 2 amide bonds. The van der Waals surface area contributed by atoms with E-state index in [1.54, 1.807) is 25.1 Å².